The van der Waals surface area contributed by atoms with Crippen molar-refractivity contribution in [2.24, 2.45) is 5.73 Å². The minimum absolute atomic E-state index is 0.0717. The summed E-state index contributed by atoms with van der Waals surface area (Å²) in [7, 11) is 1.41. The van der Waals surface area contributed by atoms with Crippen molar-refractivity contribution in [3.05, 3.63) is 71.4 Å². The number of aromatic nitrogens is 2. The van der Waals surface area contributed by atoms with E-state index in [2.05, 4.69) is 20.6 Å². The third-order valence-corrected chi connectivity index (χ3v) is 6.13. The topological polar surface area (TPSA) is 111 Å². The van der Waals surface area contributed by atoms with Gasteiger partial charge in [-0.2, -0.15) is 18.2 Å². The van der Waals surface area contributed by atoms with Crippen LogP contribution < -0.4 is 21.1 Å². The predicted molar refractivity (Wildman–Crippen MR) is 133 cm³/mol. The van der Waals surface area contributed by atoms with Crippen LogP contribution in [0.25, 0.3) is 0 Å². The molecule has 1 aliphatic carbocycles. The van der Waals surface area contributed by atoms with E-state index >= 15 is 0 Å². The van der Waals surface area contributed by atoms with Crippen LogP contribution in [0.3, 0.4) is 0 Å². The lowest BCUT2D eigenvalue weighted by molar-refractivity contribution is -0.137. The maximum atomic E-state index is 13.6. The number of benzene rings is 2. The molecule has 1 aromatic heterocycles. The molecule has 4 N–H and O–H groups in total. The predicted octanol–water partition coefficient (Wildman–Crippen LogP) is 5.29. The van der Waals surface area contributed by atoms with E-state index in [1.165, 1.54) is 19.2 Å². The van der Waals surface area contributed by atoms with Gasteiger partial charge in [-0.15, -0.1) is 0 Å². The second kappa shape index (κ2) is 11.5. The number of halogens is 3. The molecule has 0 aliphatic heterocycles. The van der Waals surface area contributed by atoms with Gasteiger partial charge in [0.25, 0.3) is 0 Å². The number of anilines is 3. The number of esters is 1. The zero-order chi connectivity index (χ0) is 26.4. The van der Waals surface area contributed by atoms with Gasteiger partial charge in [0.15, 0.2) is 0 Å². The second-order valence-electron chi connectivity index (χ2n) is 8.75. The zero-order valence-corrected chi connectivity index (χ0v) is 20.2. The van der Waals surface area contributed by atoms with Gasteiger partial charge in [-0.05, 0) is 36.6 Å². The first-order chi connectivity index (χ1) is 17.7. The summed E-state index contributed by atoms with van der Waals surface area (Å²) in [6.45, 7) is 0.113. The van der Waals surface area contributed by atoms with E-state index in [4.69, 9.17) is 15.2 Å². The minimum Gasteiger partial charge on any atom is -0.495 e. The first-order valence-corrected chi connectivity index (χ1v) is 11.9. The van der Waals surface area contributed by atoms with Crippen LogP contribution >= 0.6 is 0 Å². The molecule has 0 radical (unpaired) electrons. The molecule has 1 unspecified atom stereocenters. The largest absolute Gasteiger partial charge is 0.495 e. The summed E-state index contributed by atoms with van der Waals surface area (Å²) in [5.41, 5.74) is 6.61. The van der Waals surface area contributed by atoms with Crippen molar-refractivity contribution in [2.45, 2.75) is 50.6 Å². The summed E-state index contributed by atoms with van der Waals surface area (Å²) in [6.07, 6.45) is -0.710. The Morgan fingerprint density at radius 1 is 1.14 bits per heavy atom. The van der Waals surface area contributed by atoms with Crippen LogP contribution in [-0.4, -0.2) is 35.1 Å². The molecule has 3 aromatic rings. The average Bonchev–Trinajstić information content (AvgIpc) is 2.89. The average molecular weight is 516 g/mol. The first-order valence-electron chi connectivity index (χ1n) is 11.9. The van der Waals surface area contributed by atoms with Gasteiger partial charge in [-0.25, -0.2) is 9.78 Å². The van der Waals surface area contributed by atoms with Crippen LogP contribution in [0, 0.1) is 0 Å². The van der Waals surface area contributed by atoms with Crippen LogP contribution in [0.4, 0.5) is 30.6 Å². The lowest BCUT2D eigenvalue weighted by Crippen LogP contribution is -2.43. The van der Waals surface area contributed by atoms with E-state index in [9.17, 15) is 18.0 Å². The normalized spacial score (nSPS) is 17.6. The Labute approximate surface area is 212 Å². The first kappa shape index (κ1) is 26.2. The number of nitrogens with zero attached hydrogens (tertiary/aromatic N) is 2. The number of methoxy groups -OCH3 is 1. The molecule has 4 rings (SSSR count). The molecule has 37 heavy (non-hydrogen) atoms. The lowest BCUT2D eigenvalue weighted by Gasteiger charge is -2.30. The van der Waals surface area contributed by atoms with Crippen LogP contribution in [0.1, 0.15) is 47.2 Å². The fourth-order valence-corrected chi connectivity index (χ4v) is 4.12. The number of carbonyl (C=O) groups is 1. The Morgan fingerprint density at radius 3 is 2.59 bits per heavy atom. The zero-order valence-electron chi connectivity index (χ0n) is 20.2. The molecule has 1 aliphatic rings. The number of nitrogens with one attached hydrogen (secondary N) is 2. The number of hydrogen-bond donors (Lipinski definition) is 3. The van der Waals surface area contributed by atoms with Gasteiger partial charge in [-0.3, -0.25) is 0 Å². The van der Waals surface area contributed by atoms with Gasteiger partial charge < -0.3 is 25.8 Å². The van der Waals surface area contributed by atoms with Gasteiger partial charge in [0.1, 0.15) is 23.7 Å². The van der Waals surface area contributed by atoms with E-state index in [0.717, 1.165) is 31.0 Å². The highest BCUT2D eigenvalue weighted by Gasteiger charge is 2.36. The Hall–Kier alpha value is -3.86. The molecule has 8 nitrogen and oxygen atoms in total. The van der Waals surface area contributed by atoms with E-state index in [1.807, 2.05) is 30.3 Å². The highest BCUT2D eigenvalue weighted by atomic mass is 19.4. The van der Waals surface area contributed by atoms with Crippen molar-refractivity contribution in [2.75, 3.05) is 17.7 Å². The Bertz CT molecular complexity index is 1220. The summed E-state index contributed by atoms with van der Waals surface area (Å²) >= 11 is 0. The van der Waals surface area contributed by atoms with Crippen LogP contribution in [-0.2, 0) is 17.5 Å². The summed E-state index contributed by atoms with van der Waals surface area (Å²) in [4.78, 5) is 20.5. The van der Waals surface area contributed by atoms with Crippen molar-refractivity contribution in [3.8, 4) is 5.75 Å². The van der Waals surface area contributed by atoms with E-state index in [-0.39, 0.29) is 41.8 Å². The Kier molecular flexibility index (Phi) is 8.12. The van der Waals surface area contributed by atoms with Gasteiger partial charge >= 0.3 is 12.1 Å². The van der Waals surface area contributed by atoms with Crippen molar-refractivity contribution in [3.63, 3.8) is 0 Å². The summed E-state index contributed by atoms with van der Waals surface area (Å²) in [5, 5.41) is 5.76. The molecular weight excluding hydrogens is 487 g/mol. The molecule has 1 fully saturated rings. The summed E-state index contributed by atoms with van der Waals surface area (Å²) in [5.74, 6) is -0.693. The summed E-state index contributed by atoms with van der Waals surface area (Å²) < 4.78 is 51.6. The lowest BCUT2D eigenvalue weighted by atomic mass is 9.91. The second-order valence-corrected chi connectivity index (χ2v) is 8.75. The molecule has 0 amide bonds. The highest BCUT2D eigenvalue weighted by Crippen LogP contribution is 2.36. The fourth-order valence-electron chi connectivity index (χ4n) is 4.12. The molecule has 1 saturated carbocycles. The van der Waals surface area contributed by atoms with Crippen LogP contribution in [0.5, 0.6) is 5.75 Å². The number of nitrogens with two attached hydrogens (primary N) is 1. The number of ether oxygens (including phenoxy) is 2. The van der Waals surface area contributed by atoms with Gasteiger partial charge in [-0.1, -0.05) is 43.2 Å². The fraction of sp³-hybridized carbons (Fsp3) is 0.346. The Balaban J connectivity index is 1.52. The Morgan fingerprint density at radius 2 is 1.89 bits per heavy atom. The molecule has 0 saturated heterocycles. The highest BCUT2D eigenvalue weighted by molar-refractivity contribution is 5.91. The smallest absolute Gasteiger partial charge is 0.421 e. The van der Waals surface area contributed by atoms with Gasteiger partial charge in [0.05, 0.1) is 18.4 Å². The number of carbonyl (C=O) groups excluding carboxylic acids is 1. The molecule has 0 spiro atoms. The van der Waals surface area contributed by atoms with Gasteiger partial charge in [0.2, 0.25) is 5.95 Å². The number of alkyl halides is 3. The SMILES string of the molecule is COc1cc(C(=O)OCc2ccccc2)ccc1Nc1ncc(C(F)(F)F)c(NC2CCCC[C@H]2N)n1. The third kappa shape index (κ3) is 6.67. The molecule has 2 aromatic carbocycles. The van der Waals surface area contributed by atoms with Crippen LogP contribution in [0.2, 0.25) is 0 Å². The van der Waals surface area contributed by atoms with Gasteiger partial charge in [0, 0.05) is 18.3 Å². The van der Waals surface area contributed by atoms with E-state index in [0.29, 0.717) is 12.1 Å². The van der Waals surface area contributed by atoms with Crippen molar-refractivity contribution in [1.29, 1.82) is 0 Å². The maximum Gasteiger partial charge on any atom is 0.421 e. The summed E-state index contributed by atoms with van der Waals surface area (Å²) in [6, 6.07) is 13.2. The third-order valence-electron chi connectivity index (χ3n) is 6.13. The van der Waals surface area contributed by atoms with Crippen LogP contribution in [0.15, 0.2) is 54.7 Å². The van der Waals surface area contributed by atoms with Crippen molar-refractivity contribution in [1.82, 2.24) is 9.97 Å². The van der Waals surface area contributed by atoms with Crippen molar-refractivity contribution >= 4 is 23.4 Å². The quantitative estimate of drug-likeness (QED) is 0.347. The number of rotatable bonds is 8. The van der Waals surface area contributed by atoms with Crippen molar-refractivity contribution < 1.29 is 27.4 Å². The number of hydrogen-bond acceptors (Lipinski definition) is 8. The standard InChI is InChI=1S/C26H28F3N5O3/c1-36-22-13-17(24(35)37-15-16-7-3-2-4-8-16)11-12-21(22)33-25-31-14-18(26(27,28)29)23(34-25)32-20-10-6-5-9-19(20)30/h2-4,7-8,11-14,19-20H,5-6,9-10,15,30H2,1H3,(H2,31,32,33,34)/t19-,20?/m1/s1. The van der Waals surface area contributed by atoms with E-state index < -0.39 is 17.7 Å². The van der Waals surface area contributed by atoms with E-state index in [1.54, 1.807) is 6.07 Å². The molecule has 11 heteroatoms. The molecule has 0 bridgehead atoms. The molecule has 196 valence electrons. The monoisotopic (exact) mass is 515 g/mol. The molecule has 1 heterocycles. The minimum atomic E-state index is -4.64. The molecular formula is C26H28F3N5O3. The maximum absolute atomic E-state index is 13.6. The molecule has 2 atom stereocenters.